The van der Waals surface area contributed by atoms with Gasteiger partial charge in [0, 0.05) is 24.0 Å². The molecule has 5 heteroatoms. The summed E-state index contributed by atoms with van der Waals surface area (Å²) in [7, 11) is 0. The second kappa shape index (κ2) is 5.24. The molecule has 94 valence electrons. The first-order chi connectivity index (χ1) is 9.36. The summed E-state index contributed by atoms with van der Waals surface area (Å²) in [6.45, 7) is 0. The third-order valence-corrected chi connectivity index (χ3v) is 3.26. The fourth-order valence-corrected chi connectivity index (χ4v) is 2.12. The van der Waals surface area contributed by atoms with E-state index in [0.29, 0.717) is 0 Å². The van der Waals surface area contributed by atoms with Gasteiger partial charge in [0.2, 0.25) is 0 Å². The Labute approximate surface area is 115 Å². The van der Waals surface area contributed by atoms with Crippen LogP contribution in [0, 0.1) is 0 Å². The first-order valence-corrected chi connectivity index (χ1v) is 7.08. The second-order valence-corrected chi connectivity index (χ2v) is 4.69. The average Bonchev–Trinajstić information content (AvgIpc) is 2.98. The van der Waals surface area contributed by atoms with E-state index in [9.17, 15) is 0 Å². The Kier molecular flexibility index (Phi) is 3.29. The van der Waals surface area contributed by atoms with Gasteiger partial charge in [-0.05, 0) is 12.3 Å². The number of hydrogen-bond donors (Lipinski definition) is 0. The summed E-state index contributed by atoms with van der Waals surface area (Å²) in [5, 5.41) is 5.29. The van der Waals surface area contributed by atoms with Crippen molar-refractivity contribution in [2.45, 2.75) is 5.16 Å². The standard InChI is InChI=1S/C14H12N4S/c1-19-14-15-9-7-13(16-14)18-10-8-12(17-18)11-5-3-2-4-6-11/h2-10H,1H3. The zero-order valence-corrected chi connectivity index (χ0v) is 11.2. The minimum atomic E-state index is 0.745. The third kappa shape index (κ3) is 2.51. The monoisotopic (exact) mass is 268 g/mol. The van der Waals surface area contributed by atoms with Crippen LogP contribution in [0.5, 0.6) is 0 Å². The van der Waals surface area contributed by atoms with Gasteiger partial charge in [-0.25, -0.2) is 14.6 Å². The van der Waals surface area contributed by atoms with E-state index in [1.165, 1.54) is 11.8 Å². The highest BCUT2D eigenvalue weighted by molar-refractivity contribution is 7.98. The van der Waals surface area contributed by atoms with Crippen LogP contribution in [-0.2, 0) is 0 Å². The van der Waals surface area contributed by atoms with Gasteiger partial charge >= 0.3 is 0 Å². The zero-order chi connectivity index (χ0) is 13.1. The lowest BCUT2D eigenvalue weighted by Crippen LogP contribution is -2.00. The Balaban J connectivity index is 1.97. The summed E-state index contributed by atoms with van der Waals surface area (Å²) in [6.07, 6.45) is 5.62. The lowest BCUT2D eigenvalue weighted by molar-refractivity contribution is 0.810. The molecule has 0 bridgehead atoms. The largest absolute Gasteiger partial charge is 0.231 e. The minimum absolute atomic E-state index is 0.745. The van der Waals surface area contributed by atoms with Crippen molar-refractivity contribution in [2.75, 3.05) is 6.26 Å². The highest BCUT2D eigenvalue weighted by atomic mass is 32.2. The number of benzene rings is 1. The molecule has 0 spiro atoms. The Morgan fingerprint density at radius 2 is 1.89 bits per heavy atom. The molecule has 2 aromatic heterocycles. The molecule has 0 unspecified atom stereocenters. The van der Waals surface area contributed by atoms with E-state index in [2.05, 4.69) is 15.1 Å². The van der Waals surface area contributed by atoms with Gasteiger partial charge in [0.1, 0.15) is 0 Å². The fraction of sp³-hybridized carbons (Fsp3) is 0.0714. The van der Waals surface area contributed by atoms with Gasteiger partial charge < -0.3 is 0 Å². The maximum absolute atomic E-state index is 4.54. The van der Waals surface area contributed by atoms with Crippen LogP contribution in [0.1, 0.15) is 0 Å². The molecule has 0 saturated heterocycles. The number of hydrogen-bond acceptors (Lipinski definition) is 4. The third-order valence-electron chi connectivity index (χ3n) is 2.69. The molecule has 0 saturated carbocycles. The van der Waals surface area contributed by atoms with Gasteiger partial charge in [0.25, 0.3) is 0 Å². The molecule has 0 atom stereocenters. The Morgan fingerprint density at radius 3 is 2.68 bits per heavy atom. The zero-order valence-electron chi connectivity index (χ0n) is 10.4. The molecule has 4 nitrogen and oxygen atoms in total. The molecule has 0 fully saturated rings. The van der Waals surface area contributed by atoms with E-state index in [1.807, 2.05) is 54.9 Å². The van der Waals surface area contributed by atoms with Gasteiger partial charge in [-0.2, -0.15) is 5.10 Å². The van der Waals surface area contributed by atoms with Crippen molar-refractivity contribution in [3.8, 4) is 17.1 Å². The molecule has 1 aromatic carbocycles. The summed E-state index contributed by atoms with van der Waals surface area (Å²) < 4.78 is 1.77. The van der Waals surface area contributed by atoms with E-state index in [0.717, 1.165) is 22.2 Å². The molecule has 3 aromatic rings. The van der Waals surface area contributed by atoms with Gasteiger partial charge in [0.05, 0.1) is 5.69 Å². The number of nitrogens with zero attached hydrogens (tertiary/aromatic N) is 4. The molecular formula is C14H12N4S. The molecule has 19 heavy (non-hydrogen) atoms. The summed E-state index contributed by atoms with van der Waals surface area (Å²) >= 11 is 1.52. The van der Waals surface area contributed by atoms with Crippen LogP contribution in [0.3, 0.4) is 0 Å². The van der Waals surface area contributed by atoms with E-state index in [4.69, 9.17) is 0 Å². The molecule has 0 amide bonds. The molecule has 0 aliphatic carbocycles. The van der Waals surface area contributed by atoms with E-state index < -0.39 is 0 Å². The van der Waals surface area contributed by atoms with Crippen LogP contribution in [-0.4, -0.2) is 26.0 Å². The van der Waals surface area contributed by atoms with Crippen LogP contribution in [0.4, 0.5) is 0 Å². The van der Waals surface area contributed by atoms with Crippen molar-refractivity contribution in [1.82, 2.24) is 19.7 Å². The molecule has 0 N–H and O–H groups in total. The van der Waals surface area contributed by atoms with Gasteiger partial charge in [-0.1, -0.05) is 42.1 Å². The van der Waals surface area contributed by atoms with Gasteiger partial charge in [0.15, 0.2) is 11.0 Å². The van der Waals surface area contributed by atoms with Gasteiger partial charge in [-0.3, -0.25) is 0 Å². The molecule has 3 rings (SSSR count). The predicted octanol–water partition coefficient (Wildman–Crippen LogP) is 3.05. The molecule has 0 aliphatic rings. The molecule has 0 aliphatic heterocycles. The van der Waals surface area contributed by atoms with E-state index in [-0.39, 0.29) is 0 Å². The van der Waals surface area contributed by atoms with Crippen molar-refractivity contribution >= 4 is 11.8 Å². The van der Waals surface area contributed by atoms with Crippen molar-refractivity contribution in [2.24, 2.45) is 0 Å². The van der Waals surface area contributed by atoms with E-state index in [1.54, 1.807) is 10.9 Å². The minimum Gasteiger partial charge on any atom is -0.231 e. The number of aromatic nitrogens is 4. The maximum Gasteiger partial charge on any atom is 0.189 e. The normalized spacial score (nSPS) is 10.6. The molecule has 2 heterocycles. The van der Waals surface area contributed by atoms with Crippen molar-refractivity contribution in [3.05, 3.63) is 54.9 Å². The van der Waals surface area contributed by atoms with Crippen LogP contribution in [0.25, 0.3) is 17.1 Å². The SMILES string of the molecule is CSc1nccc(-n2ccc(-c3ccccc3)n2)n1. The molecule has 0 radical (unpaired) electrons. The molecular weight excluding hydrogens is 256 g/mol. The summed E-state index contributed by atoms with van der Waals surface area (Å²) in [6, 6.07) is 13.9. The average molecular weight is 268 g/mol. The van der Waals surface area contributed by atoms with Crippen LogP contribution < -0.4 is 0 Å². The highest BCUT2D eigenvalue weighted by Gasteiger charge is 2.05. The predicted molar refractivity (Wildman–Crippen MR) is 76.4 cm³/mol. The summed E-state index contributed by atoms with van der Waals surface area (Å²) in [5.74, 6) is 0.779. The lowest BCUT2D eigenvalue weighted by Gasteiger charge is -2.01. The quantitative estimate of drug-likeness (QED) is 0.541. The Morgan fingerprint density at radius 1 is 1.05 bits per heavy atom. The fourth-order valence-electron chi connectivity index (χ4n) is 1.77. The first kappa shape index (κ1) is 11.9. The van der Waals surface area contributed by atoms with Crippen molar-refractivity contribution < 1.29 is 0 Å². The Bertz CT molecular complexity index is 679. The van der Waals surface area contributed by atoms with Crippen LogP contribution >= 0.6 is 11.8 Å². The highest BCUT2D eigenvalue weighted by Crippen LogP contribution is 2.17. The van der Waals surface area contributed by atoms with Crippen LogP contribution in [0.2, 0.25) is 0 Å². The van der Waals surface area contributed by atoms with Crippen LogP contribution in [0.15, 0.2) is 60.0 Å². The number of thioether (sulfide) groups is 1. The maximum atomic E-state index is 4.54. The topological polar surface area (TPSA) is 43.6 Å². The summed E-state index contributed by atoms with van der Waals surface area (Å²) in [5.41, 5.74) is 2.03. The van der Waals surface area contributed by atoms with Crippen molar-refractivity contribution in [3.63, 3.8) is 0 Å². The van der Waals surface area contributed by atoms with Gasteiger partial charge in [-0.15, -0.1) is 0 Å². The van der Waals surface area contributed by atoms with Crippen molar-refractivity contribution in [1.29, 1.82) is 0 Å². The Hall–Kier alpha value is -2.14. The number of rotatable bonds is 3. The smallest absolute Gasteiger partial charge is 0.189 e. The first-order valence-electron chi connectivity index (χ1n) is 5.85. The van der Waals surface area contributed by atoms with E-state index >= 15 is 0 Å². The second-order valence-electron chi connectivity index (χ2n) is 3.91. The lowest BCUT2D eigenvalue weighted by atomic mass is 10.2. The summed E-state index contributed by atoms with van der Waals surface area (Å²) in [4.78, 5) is 8.58.